The summed E-state index contributed by atoms with van der Waals surface area (Å²) in [5, 5.41) is 0. The van der Waals surface area contributed by atoms with Gasteiger partial charge in [-0.15, -0.1) is 0 Å². The van der Waals surface area contributed by atoms with Gasteiger partial charge in [0, 0.05) is 34.9 Å². The Morgan fingerprint density at radius 2 is 2.12 bits per heavy atom. The number of benzene rings is 1. The maximum Gasteiger partial charge on any atom is 0.414 e. The number of amides is 1. The van der Waals surface area contributed by atoms with Crippen molar-refractivity contribution >= 4 is 18.2 Å². The van der Waals surface area contributed by atoms with Crippen LogP contribution in [0.15, 0.2) is 30.0 Å². The fraction of sp³-hybridized carbons (Fsp3) is 0.421. The first-order chi connectivity index (χ1) is 11.3. The van der Waals surface area contributed by atoms with Crippen molar-refractivity contribution in [3.05, 3.63) is 46.7 Å². The van der Waals surface area contributed by atoms with Gasteiger partial charge in [-0.05, 0) is 38.7 Å². The van der Waals surface area contributed by atoms with Gasteiger partial charge in [0.1, 0.15) is 5.60 Å². The van der Waals surface area contributed by atoms with E-state index in [1.54, 1.807) is 17.0 Å². The molecule has 0 aromatic heterocycles. The SMILES string of the molecule is CC(C)(C)OC(=O)N1CC2CC23C1=CC(=O)c1c(C=O)cccc13. The number of fused-ring (bicyclic) bond motifs is 1. The van der Waals surface area contributed by atoms with Crippen LogP contribution in [-0.2, 0) is 10.2 Å². The largest absolute Gasteiger partial charge is 0.443 e. The molecule has 1 aliphatic heterocycles. The number of hydrogen-bond acceptors (Lipinski definition) is 4. The normalized spacial score (nSPS) is 27.0. The van der Waals surface area contributed by atoms with E-state index >= 15 is 0 Å². The molecule has 0 bridgehead atoms. The third kappa shape index (κ3) is 1.90. The Bertz CT molecular complexity index is 817. The summed E-state index contributed by atoms with van der Waals surface area (Å²) in [5.74, 6) is 0.0689. The molecule has 1 saturated heterocycles. The lowest BCUT2D eigenvalue weighted by Gasteiger charge is -2.31. The maximum absolute atomic E-state index is 12.6. The molecule has 1 spiro atoms. The molecule has 1 aromatic rings. The van der Waals surface area contributed by atoms with Gasteiger partial charge in [-0.3, -0.25) is 14.5 Å². The van der Waals surface area contributed by atoms with Crippen molar-refractivity contribution in [1.29, 1.82) is 0 Å². The number of ether oxygens (including phenoxy) is 1. The van der Waals surface area contributed by atoms with Gasteiger partial charge in [-0.1, -0.05) is 18.2 Å². The van der Waals surface area contributed by atoms with E-state index in [2.05, 4.69) is 0 Å². The maximum atomic E-state index is 12.6. The van der Waals surface area contributed by atoms with Crippen LogP contribution in [0, 0.1) is 5.92 Å². The van der Waals surface area contributed by atoms with Gasteiger partial charge in [0.05, 0.1) is 0 Å². The van der Waals surface area contributed by atoms with E-state index < -0.39 is 11.7 Å². The van der Waals surface area contributed by atoms with E-state index in [-0.39, 0.29) is 17.1 Å². The van der Waals surface area contributed by atoms with Crippen LogP contribution in [0.2, 0.25) is 0 Å². The quantitative estimate of drug-likeness (QED) is 0.744. The third-order valence-corrected chi connectivity index (χ3v) is 5.09. The first kappa shape index (κ1) is 15.1. The Balaban J connectivity index is 1.78. The van der Waals surface area contributed by atoms with E-state index in [4.69, 9.17) is 4.74 Å². The lowest BCUT2D eigenvalue weighted by atomic mass is 9.80. The predicted molar refractivity (Wildman–Crippen MR) is 87.0 cm³/mol. The second kappa shape index (κ2) is 4.56. The monoisotopic (exact) mass is 325 g/mol. The van der Waals surface area contributed by atoms with E-state index in [1.807, 2.05) is 26.8 Å². The average molecular weight is 325 g/mol. The molecule has 5 heteroatoms. The number of hydrogen-bond donors (Lipinski definition) is 0. The van der Waals surface area contributed by atoms with Crippen molar-refractivity contribution in [2.45, 2.75) is 38.2 Å². The zero-order valence-electron chi connectivity index (χ0n) is 14.0. The number of allylic oxidation sites excluding steroid dienone is 2. The van der Waals surface area contributed by atoms with Crippen molar-refractivity contribution < 1.29 is 19.1 Å². The molecule has 2 fully saturated rings. The summed E-state index contributed by atoms with van der Waals surface area (Å²) in [6.45, 7) is 6.02. The molecular formula is C19H19NO4. The molecule has 1 aromatic carbocycles. The Morgan fingerprint density at radius 1 is 1.38 bits per heavy atom. The topological polar surface area (TPSA) is 63.7 Å². The summed E-state index contributed by atoms with van der Waals surface area (Å²) >= 11 is 0. The number of likely N-dealkylation sites (tertiary alicyclic amines) is 1. The number of nitrogens with zero attached hydrogens (tertiary/aromatic N) is 1. The summed E-state index contributed by atoms with van der Waals surface area (Å²) in [7, 11) is 0. The van der Waals surface area contributed by atoms with Gasteiger partial charge < -0.3 is 4.74 Å². The molecule has 124 valence electrons. The molecule has 1 saturated carbocycles. The summed E-state index contributed by atoms with van der Waals surface area (Å²) in [4.78, 5) is 38.0. The van der Waals surface area contributed by atoms with Crippen molar-refractivity contribution in [1.82, 2.24) is 4.90 Å². The van der Waals surface area contributed by atoms with Crippen LogP contribution in [0.1, 0.15) is 53.5 Å². The second-order valence-electron chi connectivity index (χ2n) is 7.74. The van der Waals surface area contributed by atoms with Crippen molar-refractivity contribution in [2.24, 2.45) is 5.92 Å². The molecular weight excluding hydrogens is 306 g/mol. The highest BCUT2D eigenvalue weighted by molar-refractivity contribution is 6.13. The second-order valence-corrected chi connectivity index (χ2v) is 7.74. The molecule has 2 atom stereocenters. The number of rotatable bonds is 1. The van der Waals surface area contributed by atoms with Gasteiger partial charge in [0.15, 0.2) is 12.1 Å². The number of carbonyl (C=O) groups excluding carboxylic acids is 3. The van der Waals surface area contributed by atoms with Crippen molar-refractivity contribution in [2.75, 3.05) is 6.54 Å². The highest BCUT2D eigenvalue weighted by atomic mass is 16.6. The lowest BCUT2D eigenvalue weighted by molar-refractivity contribution is 0.0322. The third-order valence-electron chi connectivity index (χ3n) is 5.09. The van der Waals surface area contributed by atoms with Gasteiger partial charge in [0.25, 0.3) is 0 Å². The first-order valence-electron chi connectivity index (χ1n) is 8.13. The Labute approximate surface area is 140 Å². The average Bonchev–Trinajstić information content (AvgIpc) is 3.13. The Hall–Kier alpha value is -2.43. The van der Waals surface area contributed by atoms with Crippen LogP contribution in [0.3, 0.4) is 0 Å². The van der Waals surface area contributed by atoms with Gasteiger partial charge >= 0.3 is 6.09 Å². The number of piperidine rings is 1. The van der Waals surface area contributed by atoms with Crippen LogP contribution < -0.4 is 0 Å². The molecule has 5 nitrogen and oxygen atoms in total. The van der Waals surface area contributed by atoms with E-state index in [0.717, 1.165) is 24.0 Å². The Kier molecular flexibility index (Phi) is 2.87. The summed E-state index contributed by atoms with van der Waals surface area (Å²) in [6.07, 6.45) is 2.74. The fourth-order valence-corrected chi connectivity index (χ4v) is 4.10. The lowest BCUT2D eigenvalue weighted by Crippen LogP contribution is -2.38. The van der Waals surface area contributed by atoms with Gasteiger partial charge in [-0.25, -0.2) is 4.79 Å². The molecule has 1 amide bonds. The highest BCUT2D eigenvalue weighted by Gasteiger charge is 2.67. The minimum absolute atomic E-state index is 0.213. The smallest absolute Gasteiger partial charge is 0.414 e. The Morgan fingerprint density at radius 3 is 2.79 bits per heavy atom. The summed E-state index contributed by atoms with van der Waals surface area (Å²) < 4.78 is 5.48. The van der Waals surface area contributed by atoms with E-state index in [0.29, 0.717) is 17.7 Å². The van der Waals surface area contributed by atoms with E-state index in [1.165, 1.54) is 6.08 Å². The summed E-state index contributed by atoms with van der Waals surface area (Å²) in [5.41, 5.74) is 1.62. The molecule has 0 N–H and O–H groups in total. The molecule has 24 heavy (non-hydrogen) atoms. The minimum Gasteiger partial charge on any atom is -0.443 e. The fourth-order valence-electron chi connectivity index (χ4n) is 4.10. The number of aldehydes is 1. The number of ketones is 1. The zero-order valence-corrected chi connectivity index (χ0v) is 14.0. The van der Waals surface area contributed by atoms with Crippen LogP contribution in [0.4, 0.5) is 4.79 Å². The minimum atomic E-state index is -0.584. The van der Waals surface area contributed by atoms with Gasteiger partial charge in [0.2, 0.25) is 0 Å². The number of carbonyl (C=O) groups is 3. The molecule has 0 radical (unpaired) electrons. The molecule has 2 unspecified atom stereocenters. The van der Waals surface area contributed by atoms with Crippen LogP contribution in [0.5, 0.6) is 0 Å². The molecule has 4 rings (SSSR count). The summed E-state index contributed by atoms with van der Waals surface area (Å²) in [6, 6.07) is 5.38. The first-order valence-corrected chi connectivity index (χ1v) is 8.13. The highest BCUT2D eigenvalue weighted by Crippen LogP contribution is 2.66. The standard InChI is InChI=1S/C19H19NO4/c1-18(2,3)24-17(23)20-9-12-8-19(12)13-6-4-5-11(10-21)16(13)14(22)7-15(19)20/h4-7,10,12H,8-9H2,1-3H3. The van der Waals surface area contributed by atoms with Crippen LogP contribution >= 0.6 is 0 Å². The van der Waals surface area contributed by atoms with E-state index in [9.17, 15) is 14.4 Å². The predicted octanol–water partition coefficient (Wildman–Crippen LogP) is 3.09. The zero-order chi connectivity index (χ0) is 17.3. The molecule has 2 aliphatic carbocycles. The van der Waals surface area contributed by atoms with Crippen LogP contribution in [-0.4, -0.2) is 35.2 Å². The van der Waals surface area contributed by atoms with Gasteiger partial charge in [-0.2, -0.15) is 0 Å². The molecule has 1 heterocycles. The van der Waals surface area contributed by atoms with Crippen molar-refractivity contribution in [3.8, 4) is 0 Å². The van der Waals surface area contributed by atoms with Crippen molar-refractivity contribution in [3.63, 3.8) is 0 Å². The molecule has 3 aliphatic rings. The van der Waals surface area contributed by atoms with Crippen LogP contribution in [0.25, 0.3) is 0 Å².